The molecule has 0 heterocycles. The molecule has 1 aromatic rings. The Morgan fingerprint density at radius 2 is 2.12 bits per heavy atom. The van der Waals surface area contributed by atoms with Crippen molar-refractivity contribution in [2.45, 2.75) is 32.7 Å². The fourth-order valence-electron chi connectivity index (χ4n) is 1.25. The number of ether oxygens (including phenoxy) is 1. The Balaban J connectivity index is 2.34. The number of halogens is 2. The molecule has 0 aliphatic carbocycles. The van der Waals surface area contributed by atoms with Crippen LogP contribution in [-0.2, 0) is 0 Å². The number of hydrogen-bond donors (Lipinski definition) is 1. The van der Waals surface area contributed by atoms with E-state index in [2.05, 4.69) is 26.1 Å². The zero-order valence-corrected chi connectivity index (χ0v) is 11.3. The highest BCUT2D eigenvalue weighted by atomic mass is 35.5. The van der Waals surface area contributed by atoms with Gasteiger partial charge in [0.15, 0.2) is 0 Å². The lowest BCUT2D eigenvalue weighted by molar-refractivity contribution is 0.280. The van der Waals surface area contributed by atoms with E-state index in [0.717, 1.165) is 13.0 Å². The van der Waals surface area contributed by atoms with Crippen molar-refractivity contribution < 1.29 is 9.13 Å². The Hall–Kier alpha value is -0.800. The summed E-state index contributed by atoms with van der Waals surface area (Å²) in [6, 6.07) is 4.37. The van der Waals surface area contributed by atoms with E-state index in [4.69, 9.17) is 16.3 Å². The maximum atomic E-state index is 12.9. The first-order valence-electron chi connectivity index (χ1n) is 5.77. The molecule has 0 aliphatic heterocycles. The first kappa shape index (κ1) is 14.3. The van der Waals surface area contributed by atoms with Gasteiger partial charge in [-0.25, -0.2) is 4.39 Å². The summed E-state index contributed by atoms with van der Waals surface area (Å²) in [7, 11) is 0. The Morgan fingerprint density at radius 1 is 1.41 bits per heavy atom. The third-order valence-corrected chi connectivity index (χ3v) is 3.04. The molecule has 0 unspecified atom stereocenters. The molecule has 96 valence electrons. The molecule has 0 amide bonds. The lowest BCUT2D eigenvalue weighted by atomic mass is 10.0. The molecule has 0 aliphatic rings. The molecule has 0 saturated carbocycles. The minimum Gasteiger partial charge on any atom is -0.492 e. The summed E-state index contributed by atoms with van der Waals surface area (Å²) in [5, 5.41) is 3.46. The number of nitrogens with one attached hydrogen (secondary N) is 1. The summed E-state index contributed by atoms with van der Waals surface area (Å²) in [6.07, 6.45) is 1.05. The summed E-state index contributed by atoms with van der Waals surface area (Å²) in [5.74, 6) is 0.164. The van der Waals surface area contributed by atoms with Crippen molar-refractivity contribution in [2.75, 3.05) is 13.2 Å². The smallest absolute Gasteiger partial charge is 0.142 e. The van der Waals surface area contributed by atoms with Gasteiger partial charge in [-0.1, -0.05) is 18.5 Å². The van der Waals surface area contributed by atoms with Crippen molar-refractivity contribution in [3.8, 4) is 5.75 Å². The van der Waals surface area contributed by atoms with Gasteiger partial charge in [0.25, 0.3) is 0 Å². The minimum atomic E-state index is -0.427. The van der Waals surface area contributed by atoms with E-state index < -0.39 is 5.82 Å². The van der Waals surface area contributed by atoms with Crippen LogP contribution in [0.1, 0.15) is 27.2 Å². The van der Waals surface area contributed by atoms with Crippen LogP contribution in [0.3, 0.4) is 0 Å². The fourth-order valence-corrected chi connectivity index (χ4v) is 1.42. The van der Waals surface area contributed by atoms with Crippen LogP contribution < -0.4 is 10.1 Å². The predicted octanol–water partition coefficient (Wildman–Crippen LogP) is 3.64. The highest BCUT2D eigenvalue weighted by Crippen LogP contribution is 2.20. The second kappa shape index (κ2) is 6.22. The van der Waals surface area contributed by atoms with E-state index in [1.54, 1.807) is 6.07 Å². The van der Waals surface area contributed by atoms with Gasteiger partial charge < -0.3 is 10.1 Å². The molecular weight excluding hydrogens is 241 g/mol. The monoisotopic (exact) mass is 259 g/mol. The van der Waals surface area contributed by atoms with Crippen LogP contribution in [0.5, 0.6) is 5.75 Å². The quantitative estimate of drug-likeness (QED) is 0.788. The van der Waals surface area contributed by atoms with E-state index in [1.165, 1.54) is 12.1 Å². The fraction of sp³-hybridized carbons (Fsp3) is 0.538. The third-order valence-electron chi connectivity index (χ3n) is 2.75. The minimum absolute atomic E-state index is 0.0874. The molecule has 0 fully saturated rings. The molecule has 4 heteroatoms. The van der Waals surface area contributed by atoms with Gasteiger partial charge in [-0.2, -0.15) is 0 Å². The van der Waals surface area contributed by atoms with Gasteiger partial charge in [-0.15, -0.1) is 0 Å². The van der Waals surface area contributed by atoms with Crippen LogP contribution in [0.25, 0.3) is 0 Å². The largest absolute Gasteiger partial charge is 0.492 e. The molecular formula is C13H19ClFNO. The SMILES string of the molecule is CCC(C)(C)NCCOc1ccc(F)c(Cl)c1. The van der Waals surface area contributed by atoms with Gasteiger partial charge >= 0.3 is 0 Å². The van der Waals surface area contributed by atoms with Crippen LogP contribution in [0.4, 0.5) is 4.39 Å². The molecule has 1 aromatic carbocycles. The Bertz CT molecular complexity index is 368. The van der Waals surface area contributed by atoms with Gasteiger partial charge in [0.2, 0.25) is 0 Å². The predicted molar refractivity (Wildman–Crippen MR) is 69.3 cm³/mol. The topological polar surface area (TPSA) is 21.3 Å². The molecule has 0 spiro atoms. The van der Waals surface area contributed by atoms with Crippen LogP contribution in [0.2, 0.25) is 5.02 Å². The molecule has 0 radical (unpaired) electrons. The number of benzene rings is 1. The maximum Gasteiger partial charge on any atom is 0.142 e. The van der Waals surface area contributed by atoms with E-state index in [0.29, 0.717) is 12.4 Å². The van der Waals surface area contributed by atoms with Gasteiger partial charge in [0, 0.05) is 18.2 Å². The van der Waals surface area contributed by atoms with E-state index in [1.807, 2.05) is 0 Å². The second-order valence-electron chi connectivity index (χ2n) is 4.59. The van der Waals surface area contributed by atoms with Crippen molar-refractivity contribution in [2.24, 2.45) is 0 Å². The van der Waals surface area contributed by atoms with Crippen molar-refractivity contribution in [1.82, 2.24) is 5.32 Å². The molecule has 0 atom stereocenters. The molecule has 0 saturated heterocycles. The summed E-state index contributed by atoms with van der Waals surface area (Å²) < 4.78 is 18.4. The second-order valence-corrected chi connectivity index (χ2v) is 5.00. The molecule has 0 aromatic heterocycles. The van der Waals surface area contributed by atoms with Gasteiger partial charge in [0.1, 0.15) is 18.2 Å². The normalized spacial score (nSPS) is 11.6. The lowest BCUT2D eigenvalue weighted by Gasteiger charge is -2.24. The average Bonchev–Trinajstić information content (AvgIpc) is 2.29. The zero-order chi connectivity index (χ0) is 12.9. The Kier molecular flexibility index (Phi) is 5.22. The van der Waals surface area contributed by atoms with Crippen molar-refractivity contribution in [3.05, 3.63) is 29.0 Å². The number of rotatable bonds is 6. The highest BCUT2D eigenvalue weighted by molar-refractivity contribution is 6.30. The highest BCUT2D eigenvalue weighted by Gasteiger charge is 2.12. The Morgan fingerprint density at radius 3 is 2.71 bits per heavy atom. The van der Waals surface area contributed by atoms with Crippen LogP contribution in [0.15, 0.2) is 18.2 Å². The third kappa shape index (κ3) is 4.92. The summed E-state index contributed by atoms with van der Waals surface area (Å²) in [4.78, 5) is 0. The van der Waals surface area contributed by atoms with Gasteiger partial charge in [-0.3, -0.25) is 0 Å². The standard InChI is InChI=1S/C13H19ClFNO/c1-4-13(2,3)16-7-8-17-10-5-6-12(15)11(14)9-10/h5-6,9,16H,4,7-8H2,1-3H3. The molecule has 1 rings (SSSR count). The summed E-state index contributed by atoms with van der Waals surface area (Å²) in [5.41, 5.74) is 0.115. The number of hydrogen-bond acceptors (Lipinski definition) is 2. The van der Waals surface area contributed by atoms with E-state index in [9.17, 15) is 4.39 Å². The first-order valence-corrected chi connectivity index (χ1v) is 6.15. The van der Waals surface area contributed by atoms with E-state index in [-0.39, 0.29) is 10.6 Å². The van der Waals surface area contributed by atoms with Crippen LogP contribution >= 0.6 is 11.6 Å². The average molecular weight is 260 g/mol. The van der Waals surface area contributed by atoms with E-state index >= 15 is 0 Å². The van der Waals surface area contributed by atoms with Crippen molar-refractivity contribution in [1.29, 1.82) is 0 Å². The maximum absolute atomic E-state index is 12.9. The van der Waals surface area contributed by atoms with Crippen LogP contribution in [-0.4, -0.2) is 18.7 Å². The molecule has 0 bridgehead atoms. The lowest BCUT2D eigenvalue weighted by Crippen LogP contribution is -2.40. The molecule has 1 N–H and O–H groups in total. The Labute approximate surface area is 107 Å². The zero-order valence-electron chi connectivity index (χ0n) is 10.5. The molecule has 17 heavy (non-hydrogen) atoms. The van der Waals surface area contributed by atoms with Crippen molar-refractivity contribution in [3.63, 3.8) is 0 Å². The van der Waals surface area contributed by atoms with Gasteiger partial charge in [-0.05, 0) is 32.4 Å². The van der Waals surface area contributed by atoms with Crippen LogP contribution in [0, 0.1) is 5.82 Å². The molecule has 2 nitrogen and oxygen atoms in total. The summed E-state index contributed by atoms with van der Waals surface area (Å²) >= 11 is 5.65. The first-order chi connectivity index (χ1) is 7.94. The summed E-state index contributed by atoms with van der Waals surface area (Å²) in [6.45, 7) is 7.69. The van der Waals surface area contributed by atoms with Gasteiger partial charge in [0.05, 0.1) is 5.02 Å². The van der Waals surface area contributed by atoms with Crippen molar-refractivity contribution >= 4 is 11.6 Å².